The summed E-state index contributed by atoms with van der Waals surface area (Å²) < 4.78 is 3.90. The van der Waals surface area contributed by atoms with Crippen LogP contribution in [-0.2, 0) is 4.29 Å². The molecule has 1 aromatic rings. The van der Waals surface area contributed by atoms with Crippen molar-refractivity contribution in [3.8, 4) is 0 Å². The lowest BCUT2D eigenvalue weighted by Crippen LogP contribution is -1.96. The first-order chi connectivity index (χ1) is 4.34. The standard InChI is InChI=1S/C5H4ClNO2/c6-9-5(8)4-2-1-3-7-4/h1-3,7H. The van der Waals surface area contributed by atoms with Gasteiger partial charge in [0.05, 0.1) is 0 Å². The molecule has 1 heterocycles. The third kappa shape index (κ3) is 1.23. The minimum absolute atomic E-state index is 0.352. The molecule has 0 atom stereocenters. The number of nitrogens with one attached hydrogen (secondary N) is 1. The van der Waals surface area contributed by atoms with Crippen molar-refractivity contribution in [2.24, 2.45) is 0 Å². The van der Waals surface area contributed by atoms with Crippen molar-refractivity contribution in [1.29, 1.82) is 0 Å². The SMILES string of the molecule is O=C(OCl)c1ccc[nH]1. The van der Waals surface area contributed by atoms with E-state index in [4.69, 9.17) is 11.9 Å². The first-order valence-corrected chi connectivity index (χ1v) is 2.62. The number of carbonyl (C=O) groups is 1. The summed E-state index contributed by atoms with van der Waals surface area (Å²) in [6.45, 7) is 0. The Bertz CT molecular complexity index is 195. The highest BCUT2D eigenvalue weighted by molar-refractivity contribution is 6.15. The van der Waals surface area contributed by atoms with Gasteiger partial charge in [0.2, 0.25) is 0 Å². The van der Waals surface area contributed by atoms with E-state index in [-0.39, 0.29) is 0 Å². The highest BCUT2D eigenvalue weighted by Gasteiger charge is 2.04. The zero-order valence-corrected chi connectivity index (χ0v) is 5.18. The lowest BCUT2D eigenvalue weighted by atomic mass is 10.4. The first-order valence-electron chi connectivity index (χ1n) is 2.31. The maximum atomic E-state index is 10.5. The maximum absolute atomic E-state index is 10.5. The van der Waals surface area contributed by atoms with Gasteiger partial charge >= 0.3 is 5.97 Å². The molecule has 0 aliphatic heterocycles. The minimum atomic E-state index is -0.568. The van der Waals surface area contributed by atoms with Gasteiger partial charge in [-0.2, -0.15) is 0 Å². The Labute approximate surface area is 56.8 Å². The molecule has 0 fully saturated rings. The molecular weight excluding hydrogens is 142 g/mol. The molecule has 0 radical (unpaired) electrons. The van der Waals surface area contributed by atoms with Gasteiger partial charge in [0.1, 0.15) is 17.6 Å². The third-order valence-corrected chi connectivity index (χ3v) is 1.03. The topological polar surface area (TPSA) is 42.1 Å². The van der Waals surface area contributed by atoms with E-state index in [1.54, 1.807) is 18.3 Å². The predicted molar refractivity (Wildman–Crippen MR) is 32.1 cm³/mol. The largest absolute Gasteiger partial charge is 0.372 e. The lowest BCUT2D eigenvalue weighted by Gasteiger charge is -1.87. The average Bonchev–Trinajstić information content (AvgIpc) is 2.37. The van der Waals surface area contributed by atoms with Crippen LogP contribution in [0.4, 0.5) is 0 Å². The van der Waals surface area contributed by atoms with Gasteiger partial charge in [0, 0.05) is 6.20 Å². The Balaban J connectivity index is 2.77. The van der Waals surface area contributed by atoms with Crippen molar-refractivity contribution >= 4 is 17.8 Å². The van der Waals surface area contributed by atoms with Crippen LogP contribution in [-0.4, -0.2) is 11.0 Å². The summed E-state index contributed by atoms with van der Waals surface area (Å²) in [5.74, 6) is -0.568. The van der Waals surface area contributed by atoms with E-state index in [9.17, 15) is 4.79 Å². The molecule has 1 rings (SSSR count). The molecule has 48 valence electrons. The minimum Gasteiger partial charge on any atom is -0.356 e. The van der Waals surface area contributed by atoms with E-state index >= 15 is 0 Å². The number of halogens is 1. The number of hydrogen-bond donors (Lipinski definition) is 1. The molecule has 1 aromatic heterocycles. The number of aromatic nitrogens is 1. The summed E-state index contributed by atoms with van der Waals surface area (Å²) in [6.07, 6.45) is 1.61. The Morgan fingerprint density at radius 1 is 1.78 bits per heavy atom. The molecule has 9 heavy (non-hydrogen) atoms. The molecule has 0 saturated carbocycles. The molecule has 0 saturated heterocycles. The fourth-order valence-corrected chi connectivity index (χ4v) is 0.582. The molecule has 0 unspecified atom stereocenters. The quantitative estimate of drug-likeness (QED) is 0.648. The van der Waals surface area contributed by atoms with Crippen molar-refractivity contribution in [2.75, 3.05) is 0 Å². The van der Waals surface area contributed by atoms with Gasteiger partial charge in [-0.3, -0.25) is 0 Å². The van der Waals surface area contributed by atoms with Gasteiger partial charge in [0.15, 0.2) is 0 Å². The third-order valence-electron chi connectivity index (χ3n) is 0.888. The smallest absolute Gasteiger partial charge is 0.356 e. The second kappa shape index (κ2) is 2.55. The summed E-state index contributed by atoms with van der Waals surface area (Å²) in [5, 5.41) is 0. The fourth-order valence-electron chi connectivity index (χ4n) is 0.499. The molecular formula is C5H4ClNO2. The summed E-state index contributed by atoms with van der Waals surface area (Å²) >= 11 is 4.77. The van der Waals surface area contributed by atoms with Crippen LogP contribution in [0.2, 0.25) is 0 Å². The summed E-state index contributed by atoms with van der Waals surface area (Å²) in [6, 6.07) is 3.26. The van der Waals surface area contributed by atoms with Gasteiger partial charge < -0.3 is 9.27 Å². The van der Waals surface area contributed by atoms with Crippen LogP contribution < -0.4 is 0 Å². The van der Waals surface area contributed by atoms with Crippen molar-refractivity contribution < 1.29 is 9.08 Å². The molecule has 0 aliphatic rings. The Kier molecular flexibility index (Phi) is 1.75. The van der Waals surface area contributed by atoms with Gasteiger partial charge in [0.25, 0.3) is 0 Å². The molecule has 0 bridgehead atoms. The van der Waals surface area contributed by atoms with Crippen molar-refractivity contribution in [2.45, 2.75) is 0 Å². The number of aromatic amines is 1. The first kappa shape index (κ1) is 6.16. The molecule has 0 spiro atoms. The van der Waals surface area contributed by atoms with Gasteiger partial charge in [-0.15, -0.1) is 0 Å². The average molecular weight is 146 g/mol. The second-order valence-corrected chi connectivity index (χ2v) is 1.60. The van der Waals surface area contributed by atoms with Crippen molar-refractivity contribution in [1.82, 2.24) is 4.98 Å². The molecule has 1 N–H and O–H groups in total. The van der Waals surface area contributed by atoms with E-state index in [0.29, 0.717) is 5.69 Å². The van der Waals surface area contributed by atoms with E-state index in [2.05, 4.69) is 9.27 Å². The Morgan fingerprint density at radius 2 is 2.56 bits per heavy atom. The molecule has 0 aliphatic carbocycles. The van der Waals surface area contributed by atoms with Crippen LogP contribution >= 0.6 is 11.9 Å². The van der Waals surface area contributed by atoms with Crippen molar-refractivity contribution in [3.63, 3.8) is 0 Å². The summed E-state index contributed by atoms with van der Waals surface area (Å²) in [5.41, 5.74) is 0.352. The number of rotatable bonds is 1. The van der Waals surface area contributed by atoms with Crippen LogP contribution in [0.15, 0.2) is 18.3 Å². The van der Waals surface area contributed by atoms with Gasteiger partial charge in [-0.1, -0.05) is 0 Å². The fraction of sp³-hybridized carbons (Fsp3) is 0. The monoisotopic (exact) mass is 145 g/mol. The lowest BCUT2D eigenvalue weighted by molar-refractivity contribution is 0.0746. The zero-order valence-electron chi connectivity index (χ0n) is 4.43. The van der Waals surface area contributed by atoms with Gasteiger partial charge in [-0.05, 0) is 12.1 Å². The van der Waals surface area contributed by atoms with Crippen LogP contribution in [0.25, 0.3) is 0 Å². The maximum Gasteiger partial charge on any atom is 0.372 e. The summed E-state index contributed by atoms with van der Waals surface area (Å²) in [4.78, 5) is 13.1. The van der Waals surface area contributed by atoms with E-state index in [0.717, 1.165) is 0 Å². The van der Waals surface area contributed by atoms with Crippen molar-refractivity contribution in [3.05, 3.63) is 24.0 Å². The number of H-pyrrole nitrogens is 1. The van der Waals surface area contributed by atoms with E-state index in [1.165, 1.54) is 0 Å². The van der Waals surface area contributed by atoms with Crippen LogP contribution in [0.3, 0.4) is 0 Å². The molecule has 0 aromatic carbocycles. The Hall–Kier alpha value is -0.960. The second-order valence-electron chi connectivity index (χ2n) is 1.45. The highest BCUT2D eigenvalue weighted by atomic mass is 35.5. The zero-order chi connectivity index (χ0) is 6.69. The highest BCUT2D eigenvalue weighted by Crippen LogP contribution is 1.97. The normalized spacial score (nSPS) is 9.00. The van der Waals surface area contributed by atoms with Gasteiger partial charge in [-0.25, -0.2) is 4.79 Å². The molecule has 0 amide bonds. The van der Waals surface area contributed by atoms with E-state index in [1.807, 2.05) is 0 Å². The molecule has 4 heteroatoms. The summed E-state index contributed by atoms with van der Waals surface area (Å²) in [7, 11) is 0. The van der Waals surface area contributed by atoms with Crippen LogP contribution in [0, 0.1) is 0 Å². The number of carbonyl (C=O) groups excluding carboxylic acids is 1. The van der Waals surface area contributed by atoms with E-state index < -0.39 is 5.97 Å². The predicted octanol–water partition coefficient (Wildman–Crippen LogP) is 1.33. The Morgan fingerprint density at radius 3 is 3.00 bits per heavy atom. The van der Waals surface area contributed by atoms with Crippen LogP contribution in [0.1, 0.15) is 10.5 Å². The van der Waals surface area contributed by atoms with Crippen LogP contribution in [0.5, 0.6) is 0 Å². The molecule has 3 nitrogen and oxygen atoms in total. The number of hydrogen-bond acceptors (Lipinski definition) is 2.